The third kappa shape index (κ3) is 2.07. The van der Waals surface area contributed by atoms with Gasteiger partial charge < -0.3 is 4.90 Å². The Morgan fingerprint density at radius 2 is 2.27 bits per heavy atom. The minimum Gasteiger partial charge on any atom is -0.338 e. The molecule has 0 spiro atoms. The number of likely N-dealkylation sites (tertiary alicyclic amines) is 1. The van der Waals surface area contributed by atoms with E-state index >= 15 is 0 Å². The number of hydrogen-bond acceptors (Lipinski definition) is 2. The zero-order valence-corrected chi connectivity index (χ0v) is 10.2. The van der Waals surface area contributed by atoms with Gasteiger partial charge in [-0.15, -0.1) is 11.3 Å². The van der Waals surface area contributed by atoms with Crippen LogP contribution >= 0.6 is 11.3 Å². The topological polar surface area (TPSA) is 20.3 Å². The lowest BCUT2D eigenvalue weighted by atomic mass is 10.1. The summed E-state index contributed by atoms with van der Waals surface area (Å²) in [7, 11) is 0. The minimum absolute atomic E-state index is 0.233. The van der Waals surface area contributed by atoms with Crippen molar-refractivity contribution in [2.75, 3.05) is 13.1 Å². The summed E-state index contributed by atoms with van der Waals surface area (Å²) in [5, 5.41) is 0. The van der Waals surface area contributed by atoms with Crippen molar-refractivity contribution in [3.8, 4) is 0 Å². The molecule has 0 aromatic carbocycles. The fraction of sp³-hybridized carbons (Fsp3) is 0.583. The van der Waals surface area contributed by atoms with Gasteiger partial charge in [0.15, 0.2) is 0 Å². The van der Waals surface area contributed by atoms with Gasteiger partial charge in [-0.1, -0.05) is 13.3 Å². The van der Waals surface area contributed by atoms with E-state index in [9.17, 15) is 4.79 Å². The molecule has 2 rings (SSSR count). The third-order valence-electron chi connectivity index (χ3n) is 2.89. The van der Waals surface area contributed by atoms with Crippen molar-refractivity contribution in [3.05, 3.63) is 21.4 Å². The second kappa shape index (κ2) is 4.35. The first-order valence-electron chi connectivity index (χ1n) is 5.61. The Labute approximate surface area is 94.9 Å². The van der Waals surface area contributed by atoms with Crippen LogP contribution in [-0.4, -0.2) is 23.9 Å². The van der Waals surface area contributed by atoms with Gasteiger partial charge in [0.2, 0.25) is 0 Å². The number of nitrogens with zero attached hydrogens (tertiary/aromatic N) is 1. The molecule has 0 atom stereocenters. The lowest BCUT2D eigenvalue weighted by Gasteiger charge is -2.30. The van der Waals surface area contributed by atoms with Gasteiger partial charge in [-0.25, -0.2) is 0 Å². The van der Waals surface area contributed by atoms with Gasteiger partial charge in [0.05, 0.1) is 4.88 Å². The van der Waals surface area contributed by atoms with Crippen LogP contribution in [0, 0.1) is 6.92 Å². The SMILES string of the molecule is CCCc1cc(C(=O)N2CCC2)sc1C. The van der Waals surface area contributed by atoms with Crippen molar-refractivity contribution in [2.45, 2.75) is 33.1 Å². The normalized spacial score (nSPS) is 15.2. The molecular formula is C12H17NOS. The van der Waals surface area contributed by atoms with Gasteiger partial charge in [0, 0.05) is 18.0 Å². The van der Waals surface area contributed by atoms with Crippen molar-refractivity contribution in [2.24, 2.45) is 0 Å². The number of carbonyl (C=O) groups is 1. The molecule has 3 heteroatoms. The van der Waals surface area contributed by atoms with Crippen LogP contribution in [0.2, 0.25) is 0 Å². The van der Waals surface area contributed by atoms with E-state index in [1.165, 1.54) is 10.4 Å². The summed E-state index contributed by atoms with van der Waals surface area (Å²) in [6.07, 6.45) is 3.41. The number of carbonyl (C=O) groups excluding carboxylic acids is 1. The van der Waals surface area contributed by atoms with Gasteiger partial charge in [-0.05, 0) is 31.4 Å². The first kappa shape index (κ1) is 10.7. The molecule has 0 aliphatic carbocycles. The molecule has 0 bridgehead atoms. The molecule has 15 heavy (non-hydrogen) atoms. The molecule has 2 nitrogen and oxygen atoms in total. The molecule has 1 aliphatic heterocycles. The van der Waals surface area contributed by atoms with E-state index in [2.05, 4.69) is 19.9 Å². The van der Waals surface area contributed by atoms with Crippen molar-refractivity contribution in [1.29, 1.82) is 0 Å². The highest BCUT2D eigenvalue weighted by Crippen LogP contribution is 2.25. The molecule has 2 heterocycles. The van der Waals surface area contributed by atoms with Crippen molar-refractivity contribution in [1.82, 2.24) is 4.90 Å². The first-order chi connectivity index (χ1) is 7.22. The zero-order chi connectivity index (χ0) is 10.8. The molecule has 1 aromatic rings. The van der Waals surface area contributed by atoms with Crippen LogP contribution in [-0.2, 0) is 6.42 Å². The summed E-state index contributed by atoms with van der Waals surface area (Å²) >= 11 is 1.65. The second-order valence-corrected chi connectivity index (χ2v) is 5.34. The summed E-state index contributed by atoms with van der Waals surface area (Å²) in [6, 6.07) is 2.09. The standard InChI is InChI=1S/C12H17NOS/c1-3-5-10-8-11(15-9(10)2)12(14)13-6-4-7-13/h8H,3-7H2,1-2H3. The summed E-state index contributed by atoms with van der Waals surface area (Å²) in [6.45, 7) is 6.17. The van der Waals surface area contributed by atoms with E-state index in [1.807, 2.05) is 4.90 Å². The Balaban J connectivity index is 2.14. The van der Waals surface area contributed by atoms with E-state index in [-0.39, 0.29) is 5.91 Å². The first-order valence-corrected chi connectivity index (χ1v) is 6.42. The number of rotatable bonds is 3. The van der Waals surface area contributed by atoms with E-state index in [0.29, 0.717) is 0 Å². The Morgan fingerprint density at radius 1 is 1.53 bits per heavy atom. The third-order valence-corrected chi connectivity index (χ3v) is 3.97. The van der Waals surface area contributed by atoms with E-state index < -0.39 is 0 Å². The monoisotopic (exact) mass is 223 g/mol. The molecule has 82 valence electrons. The van der Waals surface area contributed by atoms with E-state index in [1.54, 1.807) is 11.3 Å². The van der Waals surface area contributed by atoms with Crippen LogP contribution in [0.3, 0.4) is 0 Å². The molecule has 1 aromatic heterocycles. The Bertz CT molecular complexity index is 366. The average Bonchev–Trinajstić information content (AvgIpc) is 2.46. The van der Waals surface area contributed by atoms with Crippen LogP contribution in [0.5, 0.6) is 0 Å². The highest BCUT2D eigenvalue weighted by molar-refractivity contribution is 7.14. The van der Waals surface area contributed by atoms with Crippen LogP contribution in [0.15, 0.2) is 6.07 Å². The smallest absolute Gasteiger partial charge is 0.263 e. The van der Waals surface area contributed by atoms with Gasteiger partial charge >= 0.3 is 0 Å². The largest absolute Gasteiger partial charge is 0.338 e. The minimum atomic E-state index is 0.233. The van der Waals surface area contributed by atoms with Crippen LogP contribution in [0.25, 0.3) is 0 Å². The van der Waals surface area contributed by atoms with Crippen molar-refractivity contribution >= 4 is 17.2 Å². The number of amides is 1. The molecule has 0 saturated carbocycles. The zero-order valence-electron chi connectivity index (χ0n) is 9.38. The fourth-order valence-corrected chi connectivity index (χ4v) is 2.86. The molecule has 1 aliphatic rings. The predicted molar refractivity (Wildman–Crippen MR) is 63.6 cm³/mol. The summed E-state index contributed by atoms with van der Waals surface area (Å²) in [4.78, 5) is 16.1. The van der Waals surface area contributed by atoms with Crippen LogP contribution in [0.4, 0.5) is 0 Å². The number of aryl methyl sites for hydroxylation is 2. The maximum Gasteiger partial charge on any atom is 0.263 e. The number of thiophene rings is 1. The molecule has 1 saturated heterocycles. The molecule has 1 amide bonds. The van der Waals surface area contributed by atoms with Crippen LogP contribution < -0.4 is 0 Å². The van der Waals surface area contributed by atoms with Gasteiger partial charge in [0.25, 0.3) is 5.91 Å². The van der Waals surface area contributed by atoms with Crippen molar-refractivity contribution in [3.63, 3.8) is 0 Å². The molecular weight excluding hydrogens is 206 g/mol. The van der Waals surface area contributed by atoms with Gasteiger partial charge in [0.1, 0.15) is 0 Å². The van der Waals surface area contributed by atoms with Crippen molar-refractivity contribution < 1.29 is 4.79 Å². The van der Waals surface area contributed by atoms with E-state index in [4.69, 9.17) is 0 Å². The summed E-state index contributed by atoms with van der Waals surface area (Å²) in [5.41, 5.74) is 1.35. The molecule has 1 fully saturated rings. The Kier molecular flexibility index (Phi) is 3.10. The quantitative estimate of drug-likeness (QED) is 0.771. The lowest BCUT2D eigenvalue weighted by Crippen LogP contribution is -2.41. The summed E-state index contributed by atoms with van der Waals surface area (Å²) < 4.78 is 0. The lowest BCUT2D eigenvalue weighted by molar-refractivity contribution is 0.0657. The Morgan fingerprint density at radius 3 is 2.80 bits per heavy atom. The predicted octanol–water partition coefficient (Wildman–Crippen LogP) is 2.85. The fourth-order valence-electron chi connectivity index (χ4n) is 1.82. The van der Waals surface area contributed by atoms with Crippen LogP contribution in [0.1, 0.15) is 39.9 Å². The maximum absolute atomic E-state index is 11.9. The van der Waals surface area contributed by atoms with Gasteiger partial charge in [-0.2, -0.15) is 0 Å². The van der Waals surface area contributed by atoms with Gasteiger partial charge in [-0.3, -0.25) is 4.79 Å². The summed E-state index contributed by atoms with van der Waals surface area (Å²) in [5.74, 6) is 0.233. The molecule has 0 unspecified atom stereocenters. The highest BCUT2D eigenvalue weighted by Gasteiger charge is 2.23. The highest BCUT2D eigenvalue weighted by atomic mass is 32.1. The average molecular weight is 223 g/mol. The maximum atomic E-state index is 11.9. The second-order valence-electron chi connectivity index (χ2n) is 4.09. The molecule has 0 N–H and O–H groups in total. The van der Waals surface area contributed by atoms with E-state index in [0.717, 1.165) is 37.2 Å². The number of hydrogen-bond donors (Lipinski definition) is 0. The Hall–Kier alpha value is -0.830. The molecule has 0 radical (unpaired) electrons.